The number of hydrogen-bond donors (Lipinski definition) is 2. The molecule has 0 bridgehead atoms. The van der Waals surface area contributed by atoms with Crippen LogP contribution in [0.25, 0.3) is 22.3 Å². The van der Waals surface area contributed by atoms with Gasteiger partial charge in [0.25, 0.3) is 5.91 Å². The zero-order valence-electron chi connectivity index (χ0n) is 14.9. The average Bonchev–Trinajstić information content (AvgIpc) is 2.85. The van der Waals surface area contributed by atoms with Gasteiger partial charge >= 0.3 is 0 Å². The van der Waals surface area contributed by atoms with E-state index in [-0.39, 0.29) is 11.7 Å². The predicted molar refractivity (Wildman–Crippen MR) is 109 cm³/mol. The number of nitrogens with one attached hydrogen (secondary N) is 2. The Morgan fingerprint density at radius 2 is 1.29 bits per heavy atom. The Morgan fingerprint density at radius 1 is 0.679 bits per heavy atom. The first-order valence-electron chi connectivity index (χ1n) is 9.15. The number of rotatable bonds is 2. The molecule has 1 aliphatic heterocycles. The minimum atomic E-state index is -0.423. The van der Waals surface area contributed by atoms with E-state index in [1.54, 1.807) is 12.1 Å². The molecule has 28 heavy (non-hydrogen) atoms. The normalized spacial score (nSPS) is 15.6. The Morgan fingerprint density at radius 3 is 1.96 bits per heavy atom. The van der Waals surface area contributed by atoms with Crippen molar-refractivity contribution in [1.82, 2.24) is 5.32 Å². The van der Waals surface area contributed by atoms with E-state index in [0.29, 0.717) is 5.56 Å². The van der Waals surface area contributed by atoms with Crippen molar-refractivity contribution >= 4 is 11.6 Å². The molecule has 136 valence electrons. The van der Waals surface area contributed by atoms with Gasteiger partial charge in [0, 0.05) is 5.56 Å². The van der Waals surface area contributed by atoms with E-state index in [2.05, 4.69) is 10.6 Å². The lowest BCUT2D eigenvalue weighted by molar-refractivity contribution is 0.0937. The van der Waals surface area contributed by atoms with E-state index < -0.39 is 6.17 Å². The van der Waals surface area contributed by atoms with Crippen LogP contribution in [-0.2, 0) is 0 Å². The molecule has 3 aliphatic rings. The van der Waals surface area contributed by atoms with E-state index in [1.165, 1.54) is 12.1 Å². The smallest absolute Gasteiger partial charge is 0.255 e. The van der Waals surface area contributed by atoms with Crippen LogP contribution in [0.5, 0.6) is 0 Å². The first-order valence-corrected chi connectivity index (χ1v) is 9.15. The number of fused-ring (bicyclic) bond motifs is 3. The van der Waals surface area contributed by atoms with E-state index in [0.717, 1.165) is 33.5 Å². The van der Waals surface area contributed by atoms with E-state index in [4.69, 9.17) is 0 Å². The highest BCUT2D eigenvalue weighted by Gasteiger charge is 2.33. The highest BCUT2D eigenvalue weighted by Crippen LogP contribution is 2.48. The molecule has 1 heterocycles. The Kier molecular flexibility index (Phi) is 3.83. The molecule has 0 spiro atoms. The molecule has 4 heteroatoms. The lowest BCUT2D eigenvalue weighted by Gasteiger charge is -2.27. The molecule has 0 saturated carbocycles. The van der Waals surface area contributed by atoms with Gasteiger partial charge in [-0.15, -0.1) is 0 Å². The minimum absolute atomic E-state index is 0.138. The van der Waals surface area contributed by atoms with Gasteiger partial charge in [-0.25, -0.2) is 4.39 Å². The summed E-state index contributed by atoms with van der Waals surface area (Å²) in [7, 11) is 0. The molecule has 5 rings (SSSR count). The van der Waals surface area contributed by atoms with Crippen LogP contribution in [-0.4, -0.2) is 5.91 Å². The first-order chi connectivity index (χ1) is 13.7. The minimum Gasteiger partial charge on any atom is -0.360 e. The van der Waals surface area contributed by atoms with Crippen molar-refractivity contribution in [3.05, 3.63) is 102 Å². The fourth-order valence-electron chi connectivity index (χ4n) is 3.87. The van der Waals surface area contributed by atoms with E-state index >= 15 is 0 Å². The van der Waals surface area contributed by atoms with Crippen LogP contribution in [0.1, 0.15) is 22.1 Å². The van der Waals surface area contributed by atoms with Gasteiger partial charge < -0.3 is 10.6 Å². The quantitative estimate of drug-likeness (QED) is 0.494. The number of carbonyl (C=O) groups is 1. The Balaban J connectivity index is 1.73. The summed E-state index contributed by atoms with van der Waals surface area (Å²) in [5, 5.41) is 6.48. The van der Waals surface area contributed by atoms with Gasteiger partial charge in [-0.3, -0.25) is 4.79 Å². The molecule has 1 atom stereocenters. The standard InChI is InChI=1S/C24H17FN2O/c25-17-13-11-16(12-14-17)23-26-22-20(15-7-3-1-4-8-15)18-9-5-2-6-10-19(18)21(22)24(28)27-23/h1-14,23,26H,(H,27,28). The summed E-state index contributed by atoms with van der Waals surface area (Å²) in [6.07, 6.45) is -0.423. The van der Waals surface area contributed by atoms with Crippen LogP contribution in [0.4, 0.5) is 10.1 Å². The van der Waals surface area contributed by atoms with Crippen molar-refractivity contribution in [3.63, 3.8) is 0 Å². The molecule has 0 saturated heterocycles. The third-order valence-corrected chi connectivity index (χ3v) is 5.13. The van der Waals surface area contributed by atoms with Gasteiger partial charge in [0.2, 0.25) is 0 Å². The van der Waals surface area contributed by atoms with Crippen molar-refractivity contribution in [2.45, 2.75) is 6.17 Å². The molecule has 0 radical (unpaired) electrons. The monoisotopic (exact) mass is 368 g/mol. The zero-order chi connectivity index (χ0) is 19.1. The highest BCUT2D eigenvalue weighted by molar-refractivity contribution is 6.16. The number of halogens is 1. The van der Waals surface area contributed by atoms with Crippen LogP contribution in [0.15, 0.2) is 84.9 Å². The van der Waals surface area contributed by atoms with Gasteiger partial charge in [0.05, 0.1) is 11.3 Å². The van der Waals surface area contributed by atoms with Crippen molar-refractivity contribution in [1.29, 1.82) is 0 Å². The Labute approximate surface area is 162 Å². The molecule has 2 aliphatic carbocycles. The summed E-state index contributed by atoms with van der Waals surface area (Å²) in [4.78, 5) is 13.1. The Hall–Kier alpha value is -3.66. The SMILES string of the molecule is O=C1NC(c2ccc(F)cc2)Nc2c1c1cccccc-1c2-c1ccccc1. The van der Waals surface area contributed by atoms with Gasteiger partial charge in [0.1, 0.15) is 12.0 Å². The fourth-order valence-corrected chi connectivity index (χ4v) is 3.87. The second kappa shape index (κ2) is 6.50. The van der Waals surface area contributed by atoms with Gasteiger partial charge in [0.15, 0.2) is 0 Å². The molecule has 1 unspecified atom stereocenters. The van der Waals surface area contributed by atoms with Crippen molar-refractivity contribution < 1.29 is 9.18 Å². The molecular weight excluding hydrogens is 351 g/mol. The number of hydrogen-bond acceptors (Lipinski definition) is 2. The summed E-state index contributed by atoms with van der Waals surface area (Å²) in [6.45, 7) is 0. The second-order valence-electron chi connectivity index (χ2n) is 6.83. The van der Waals surface area contributed by atoms with Crippen molar-refractivity contribution in [2.24, 2.45) is 0 Å². The maximum Gasteiger partial charge on any atom is 0.255 e. The fraction of sp³-hybridized carbons (Fsp3) is 0.0417. The zero-order valence-corrected chi connectivity index (χ0v) is 14.9. The molecule has 0 aromatic heterocycles. The largest absolute Gasteiger partial charge is 0.360 e. The molecule has 2 aromatic rings. The maximum absolute atomic E-state index is 13.3. The lowest BCUT2D eigenvalue weighted by atomic mass is 10.0. The summed E-state index contributed by atoms with van der Waals surface area (Å²) in [5.74, 6) is -0.440. The van der Waals surface area contributed by atoms with Crippen molar-refractivity contribution in [3.8, 4) is 22.3 Å². The van der Waals surface area contributed by atoms with Crippen LogP contribution in [0.2, 0.25) is 0 Å². The van der Waals surface area contributed by atoms with Crippen molar-refractivity contribution in [2.75, 3.05) is 5.32 Å². The maximum atomic E-state index is 13.3. The van der Waals surface area contributed by atoms with Crippen LogP contribution < -0.4 is 10.6 Å². The molecule has 2 N–H and O–H groups in total. The molecule has 3 nitrogen and oxygen atoms in total. The summed E-state index contributed by atoms with van der Waals surface area (Å²) >= 11 is 0. The van der Waals surface area contributed by atoms with Gasteiger partial charge in [-0.05, 0) is 34.4 Å². The second-order valence-corrected chi connectivity index (χ2v) is 6.83. The van der Waals surface area contributed by atoms with Crippen LogP contribution in [0, 0.1) is 5.82 Å². The van der Waals surface area contributed by atoms with E-state index in [1.807, 2.05) is 60.7 Å². The van der Waals surface area contributed by atoms with E-state index in [9.17, 15) is 9.18 Å². The van der Waals surface area contributed by atoms with Crippen LogP contribution in [0.3, 0.4) is 0 Å². The highest BCUT2D eigenvalue weighted by atomic mass is 19.1. The molecule has 2 aromatic carbocycles. The molecule has 0 fully saturated rings. The first kappa shape index (κ1) is 16.5. The lowest BCUT2D eigenvalue weighted by Crippen LogP contribution is -2.38. The Bertz CT molecular complexity index is 1140. The summed E-state index contributed by atoms with van der Waals surface area (Å²) < 4.78 is 13.3. The van der Waals surface area contributed by atoms with Gasteiger partial charge in [-0.1, -0.05) is 72.8 Å². The summed E-state index contributed by atoms with van der Waals surface area (Å²) in [5.41, 5.74) is 6.22. The number of amides is 1. The predicted octanol–water partition coefficient (Wildman–Crippen LogP) is 5.45. The number of anilines is 1. The topological polar surface area (TPSA) is 41.1 Å². The molecular formula is C24H17FN2O. The average molecular weight is 368 g/mol. The third kappa shape index (κ3) is 2.62. The molecule has 1 amide bonds. The third-order valence-electron chi connectivity index (χ3n) is 5.13. The number of carbonyl (C=O) groups excluding carboxylic acids is 1. The van der Waals surface area contributed by atoms with Crippen LogP contribution >= 0.6 is 0 Å². The summed E-state index contributed by atoms with van der Waals surface area (Å²) in [6, 6.07) is 26.1. The number of benzene rings is 2. The van der Waals surface area contributed by atoms with Gasteiger partial charge in [-0.2, -0.15) is 0 Å².